The van der Waals surface area contributed by atoms with Crippen molar-refractivity contribution in [3.8, 4) is 0 Å². The summed E-state index contributed by atoms with van der Waals surface area (Å²) in [4.78, 5) is 19.2. The van der Waals surface area contributed by atoms with E-state index in [2.05, 4.69) is 35.3 Å². The van der Waals surface area contributed by atoms with Crippen LogP contribution in [0.25, 0.3) is 10.2 Å². The van der Waals surface area contributed by atoms with Crippen LogP contribution in [0.1, 0.15) is 50.0 Å². The Morgan fingerprint density at radius 1 is 1.38 bits per heavy atom. The van der Waals surface area contributed by atoms with Crippen molar-refractivity contribution in [2.24, 2.45) is 0 Å². The maximum absolute atomic E-state index is 12.1. The lowest BCUT2D eigenvalue weighted by molar-refractivity contribution is -0.122. The lowest BCUT2D eigenvalue weighted by Gasteiger charge is -2.31. The quantitative estimate of drug-likeness (QED) is 0.777. The minimum absolute atomic E-state index is 0.163. The molecule has 2 aromatic rings. The first-order valence-electron chi connectivity index (χ1n) is 9.11. The van der Waals surface area contributed by atoms with Gasteiger partial charge in [0, 0.05) is 19.0 Å². The van der Waals surface area contributed by atoms with Gasteiger partial charge in [-0.3, -0.25) is 9.69 Å². The number of fused-ring (bicyclic) bond motifs is 1. The van der Waals surface area contributed by atoms with Crippen LogP contribution < -0.4 is 5.32 Å². The van der Waals surface area contributed by atoms with Crippen molar-refractivity contribution in [2.45, 2.75) is 44.9 Å². The summed E-state index contributed by atoms with van der Waals surface area (Å²) in [5, 5.41) is 4.27. The number of hydrogen-bond donors (Lipinski definition) is 1. The second kappa shape index (κ2) is 8.58. The van der Waals surface area contributed by atoms with Gasteiger partial charge in [0.25, 0.3) is 0 Å². The Morgan fingerprint density at radius 3 is 3.08 bits per heavy atom. The summed E-state index contributed by atoms with van der Waals surface area (Å²) in [6.45, 7) is 5.47. The van der Waals surface area contributed by atoms with Crippen molar-refractivity contribution in [3.05, 3.63) is 29.3 Å². The van der Waals surface area contributed by atoms with Crippen molar-refractivity contribution in [2.75, 3.05) is 26.2 Å². The van der Waals surface area contributed by atoms with Crippen molar-refractivity contribution in [1.29, 1.82) is 0 Å². The van der Waals surface area contributed by atoms with Crippen molar-refractivity contribution >= 4 is 27.5 Å². The summed E-state index contributed by atoms with van der Waals surface area (Å²) in [6, 6.07) is 8.34. The number of piperidine rings is 1. The average molecular weight is 346 g/mol. The highest BCUT2D eigenvalue weighted by molar-refractivity contribution is 7.18. The summed E-state index contributed by atoms with van der Waals surface area (Å²) < 4.78 is 1.26. The van der Waals surface area contributed by atoms with Crippen LogP contribution in [-0.4, -0.2) is 42.0 Å². The van der Waals surface area contributed by atoms with Crippen LogP contribution >= 0.6 is 11.3 Å². The zero-order chi connectivity index (χ0) is 16.8. The summed E-state index contributed by atoms with van der Waals surface area (Å²) in [5.74, 6) is 0.625. The molecule has 1 N–H and O–H groups in total. The Hall–Kier alpha value is -1.46. The monoisotopic (exact) mass is 345 g/mol. The molecule has 0 radical (unpaired) electrons. The van der Waals surface area contributed by atoms with Crippen LogP contribution in [0.4, 0.5) is 0 Å². The van der Waals surface area contributed by atoms with Gasteiger partial charge in [-0.25, -0.2) is 4.98 Å². The molecule has 0 bridgehead atoms. The van der Waals surface area contributed by atoms with Gasteiger partial charge in [0.05, 0.1) is 21.8 Å². The molecule has 0 spiro atoms. The predicted octanol–water partition coefficient (Wildman–Crippen LogP) is 3.78. The van der Waals surface area contributed by atoms with Gasteiger partial charge in [0.2, 0.25) is 5.91 Å². The minimum Gasteiger partial charge on any atom is -0.355 e. The second-order valence-corrected chi connectivity index (χ2v) is 7.71. The van der Waals surface area contributed by atoms with Crippen molar-refractivity contribution in [1.82, 2.24) is 15.2 Å². The number of nitrogens with zero attached hydrogens (tertiary/aromatic N) is 2. The van der Waals surface area contributed by atoms with E-state index in [1.807, 2.05) is 6.07 Å². The van der Waals surface area contributed by atoms with E-state index in [9.17, 15) is 4.79 Å². The zero-order valence-corrected chi connectivity index (χ0v) is 15.3. The Morgan fingerprint density at radius 2 is 2.25 bits per heavy atom. The van der Waals surface area contributed by atoms with Crippen LogP contribution in [0.15, 0.2) is 24.3 Å². The van der Waals surface area contributed by atoms with E-state index in [0.717, 1.165) is 38.0 Å². The number of amides is 1. The fourth-order valence-electron chi connectivity index (χ4n) is 3.33. The highest BCUT2D eigenvalue weighted by Gasteiger charge is 2.25. The van der Waals surface area contributed by atoms with E-state index in [1.54, 1.807) is 11.3 Å². The molecular weight excluding hydrogens is 318 g/mol. The summed E-state index contributed by atoms with van der Waals surface area (Å²) in [6.07, 6.45) is 5.77. The largest absolute Gasteiger partial charge is 0.355 e. The highest BCUT2D eigenvalue weighted by Crippen LogP contribution is 2.32. The summed E-state index contributed by atoms with van der Waals surface area (Å²) >= 11 is 1.81. The van der Waals surface area contributed by atoms with E-state index in [-0.39, 0.29) is 5.91 Å². The number of aromatic nitrogens is 1. The summed E-state index contributed by atoms with van der Waals surface area (Å²) in [5.41, 5.74) is 1.10. The molecule has 1 amide bonds. The van der Waals surface area contributed by atoms with Gasteiger partial charge in [-0.05, 0) is 37.9 Å². The Labute approximate surface area is 148 Å². The van der Waals surface area contributed by atoms with Gasteiger partial charge in [-0.1, -0.05) is 31.9 Å². The number of unbranched alkanes of at least 4 members (excludes halogenated alkanes) is 2. The average Bonchev–Trinajstić information content (AvgIpc) is 3.03. The number of para-hydroxylation sites is 1. The molecule has 1 fully saturated rings. The van der Waals surface area contributed by atoms with Crippen LogP contribution in [0, 0.1) is 0 Å². The van der Waals surface area contributed by atoms with Crippen LogP contribution in [0.5, 0.6) is 0 Å². The van der Waals surface area contributed by atoms with Crippen LogP contribution in [-0.2, 0) is 4.79 Å². The Kier molecular flexibility index (Phi) is 6.21. The molecule has 0 saturated carbocycles. The SMILES string of the molecule is CCCCCNC(=O)CN1CCC[C@H](c2nc3ccccc3s2)C1. The number of rotatable bonds is 7. The number of benzene rings is 1. The van der Waals surface area contributed by atoms with Crippen LogP contribution in [0.2, 0.25) is 0 Å². The Balaban J connectivity index is 1.53. The fraction of sp³-hybridized carbons (Fsp3) is 0.579. The molecule has 2 heterocycles. The number of carbonyl (C=O) groups is 1. The topological polar surface area (TPSA) is 45.2 Å². The Bertz CT molecular complexity index is 636. The smallest absolute Gasteiger partial charge is 0.234 e. The third-order valence-electron chi connectivity index (χ3n) is 4.63. The van der Waals surface area contributed by atoms with E-state index >= 15 is 0 Å². The molecule has 1 aromatic heterocycles. The van der Waals surface area contributed by atoms with Gasteiger partial charge < -0.3 is 5.32 Å². The third kappa shape index (κ3) is 4.54. The van der Waals surface area contributed by atoms with E-state index in [4.69, 9.17) is 4.98 Å². The van der Waals surface area contributed by atoms with Gasteiger partial charge in [0.1, 0.15) is 0 Å². The summed E-state index contributed by atoms with van der Waals surface area (Å²) in [7, 11) is 0. The first-order valence-corrected chi connectivity index (χ1v) is 9.92. The zero-order valence-electron chi connectivity index (χ0n) is 14.5. The van der Waals surface area contributed by atoms with Gasteiger partial charge >= 0.3 is 0 Å². The number of hydrogen-bond acceptors (Lipinski definition) is 4. The maximum atomic E-state index is 12.1. The molecule has 1 aliphatic rings. The lowest BCUT2D eigenvalue weighted by atomic mass is 9.99. The van der Waals surface area contributed by atoms with Crippen LogP contribution in [0.3, 0.4) is 0 Å². The van der Waals surface area contributed by atoms with Gasteiger partial charge in [0.15, 0.2) is 0 Å². The lowest BCUT2D eigenvalue weighted by Crippen LogP contribution is -2.42. The normalized spacial score (nSPS) is 18.8. The van der Waals surface area contributed by atoms with E-state index in [0.29, 0.717) is 12.5 Å². The number of carbonyl (C=O) groups excluding carboxylic acids is 1. The molecule has 1 aromatic carbocycles. The van der Waals surface area contributed by atoms with Gasteiger partial charge in [-0.2, -0.15) is 0 Å². The molecule has 0 aliphatic carbocycles. The van der Waals surface area contributed by atoms with E-state index < -0.39 is 0 Å². The number of likely N-dealkylation sites (tertiary alicyclic amines) is 1. The molecule has 1 saturated heterocycles. The highest BCUT2D eigenvalue weighted by atomic mass is 32.1. The third-order valence-corrected chi connectivity index (χ3v) is 5.83. The second-order valence-electron chi connectivity index (χ2n) is 6.65. The fourth-order valence-corrected chi connectivity index (χ4v) is 4.42. The first kappa shape index (κ1) is 17.4. The molecule has 1 atom stereocenters. The van der Waals surface area contributed by atoms with E-state index in [1.165, 1.54) is 29.0 Å². The molecule has 24 heavy (non-hydrogen) atoms. The standard InChI is InChI=1S/C19H27N3OS/c1-2-3-6-11-20-18(23)14-22-12-7-8-15(13-22)19-21-16-9-4-5-10-17(16)24-19/h4-5,9-10,15H,2-3,6-8,11-14H2,1H3,(H,20,23)/t15-/m0/s1. The molecule has 130 valence electrons. The van der Waals surface area contributed by atoms with Crippen molar-refractivity contribution in [3.63, 3.8) is 0 Å². The molecule has 4 nitrogen and oxygen atoms in total. The molecular formula is C19H27N3OS. The number of nitrogens with one attached hydrogen (secondary N) is 1. The predicted molar refractivity (Wildman–Crippen MR) is 101 cm³/mol. The maximum Gasteiger partial charge on any atom is 0.234 e. The molecule has 5 heteroatoms. The molecule has 0 unspecified atom stereocenters. The number of thiazole rings is 1. The molecule has 1 aliphatic heterocycles. The minimum atomic E-state index is 0.163. The van der Waals surface area contributed by atoms with Gasteiger partial charge in [-0.15, -0.1) is 11.3 Å². The van der Waals surface area contributed by atoms with Crippen molar-refractivity contribution < 1.29 is 4.79 Å². The first-order chi connectivity index (χ1) is 11.8. The molecule has 3 rings (SSSR count).